The van der Waals surface area contributed by atoms with Gasteiger partial charge >= 0.3 is 6.36 Å². The maximum Gasteiger partial charge on any atom is 0.573 e. The summed E-state index contributed by atoms with van der Waals surface area (Å²) in [5, 5.41) is 2.76. The highest BCUT2D eigenvalue weighted by Gasteiger charge is 2.31. The zero-order valence-corrected chi connectivity index (χ0v) is 14.8. The van der Waals surface area contributed by atoms with Crippen LogP contribution in [0.4, 0.5) is 13.2 Å². The standard InChI is InChI=1S/C19H19F3N2O3/c1-3-16(25)11-15-10-14(8-9-23-15)12(2)24-18(26)13-4-6-17(7-5-13)27-19(20,21)22/h4-10,12H,3,11H2,1-2H3,(H,24,26). The third-order valence-corrected chi connectivity index (χ3v) is 3.81. The van der Waals surface area contributed by atoms with Gasteiger partial charge in [-0.1, -0.05) is 6.92 Å². The Morgan fingerprint density at radius 2 is 1.85 bits per heavy atom. The number of nitrogens with zero attached hydrogens (tertiary/aromatic N) is 1. The average molecular weight is 380 g/mol. The average Bonchev–Trinajstić information content (AvgIpc) is 2.61. The van der Waals surface area contributed by atoms with Crippen molar-refractivity contribution in [2.75, 3.05) is 0 Å². The van der Waals surface area contributed by atoms with Crippen molar-refractivity contribution >= 4 is 11.7 Å². The van der Waals surface area contributed by atoms with Crippen LogP contribution in [0.3, 0.4) is 0 Å². The van der Waals surface area contributed by atoms with Gasteiger partial charge in [0.1, 0.15) is 11.5 Å². The molecule has 0 aliphatic carbocycles. The molecule has 27 heavy (non-hydrogen) atoms. The van der Waals surface area contributed by atoms with E-state index >= 15 is 0 Å². The van der Waals surface area contributed by atoms with Crippen molar-refractivity contribution < 1.29 is 27.5 Å². The number of Topliss-reactive ketones (excluding diaryl/α,β-unsaturated/α-hetero) is 1. The van der Waals surface area contributed by atoms with Crippen LogP contribution in [-0.4, -0.2) is 23.0 Å². The summed E-state index contributed by atoms with van der Waals surface area (Å²) in [4.78, 5) is 28.0. The van der Waals surface area contributed by atoms with E-state index in [1.165, 1.54) is 12.1 Å². The Bertz CT molecular complexity index is 805. The molecule has 0 fully saturated rings. The number of aromatic nitrogens is 1. The fourth-order valence-corrected chi connectivity index (χ4v) is 2.36. The second-order valence-corrected chi connectivity index (χ2v) is 5.92. The third-order valence-electron chi connectivity index (χ3n) is 3.81. The zero-order chi connectivity index (χ0) is 20.0. The number of nitrogens with one attached hydrogen (secondary N) is 1. The van der Waals surface area contributed by atoms with Crippen LogP contribution < -0.4 is 10.1 Å². The minimum Gasteiger partial charge on any atom is -0.406 e. The number of carbonyl (C=O) groups is 2. The zero-order valence-electron chi connectivity index (χ0n) is 14.8. The molecule has 2 rings (SSSR count). The lowest BCUT2D eigenvalue weighted by atomic mass is 10.1. The molecule has 0 spiro atoms. The topological polar surface area (TPSA) is 68.3 Å². The van der Waals surface area contributed by atoms with E-state index in [1.807, 2.05) is 0 Å². The highest BCUT2D eigenvalue weighted by Crippen LogP contribution is 2.23. The molecule has 1 N–H and O–H groups in total. The molecular formula is C19H19F3N2O3. The molecule has 1 unspecified atom stereocenters. The van der Waals surface area contributed by atoms with Gasteiger partial charge in [0, 0.05) is 30.3 Å². The molecule has 0 saturated carbocycles. The van der Waals surface area contributed by atoms with Crippen molar-refractivity contribution in [3.63, 3.8) is 0 Å². The van der Waals surface area contributed by atoms with Gasteiger partial charge < -0.3 is 10.1 Å². The fraction of sp³-hybridized carbons (Fsp3) is 0.316. The molecule has 0 bridgehead atoms. The van der Waals surface area contributed by atoms with Gasteiger partial charge in [0.15, 0.2) is 0 Å². The number of pyridine rings is 1. The van der Waals surface area contributed by atoms with Gasteiger partial charge in [0.2, 0.25) is 0 Å². The van der Waals surface area contributed by atoms with Gasteiger partial charge in [-0.3, -0.25) is 14.6 Å². The summed E-state index contributed by atoms with van der Waals surface area (Å²) in [7, 11) is 0. The molecule has 0 aliphatic rings. The Hall–Kier alpha value is -2.90. The van der Waals surface area contributed by atoms with Crippen LogP contribution in [0.2, 0.25) is 0 Å². The Balaban J connectivity index is 2.03. The molecule has 1 atom stereocenters. The monoisotopic (exact) mass is 380 g/mol. The Morgan fingerprint density at radius 3 is 2.44 bits per heavy atom. The molecule has 144 valence electrons. The largest absolute Gasteiger partial charge is 0.573 e. The van der Waals surface area contributed by atoms with Crippen molar-refractivity contribution in [2.24, 2.45) is 0 Å². The van der Waals surface area contributed by atoms with Gasteiger partial charge in [-0.2, -0.15) is 0 Å². The second kappa shape index (κ2) is 8.66. The third kappa shape index (κ3) is 6.40. The van der Waals surface area contributed by atoms with E-state index in [-0.39, 0.29) is 23.8 Å². The predicted octanol–water partition coefficient (Wildman–Crippen LogP) is 3.99. The number of hydrogen-bond donors (Lipinski definition) is 1. The molecule has 1 amide bonds. The minimum absolute atomic E-state index is 0.0671. The van der Waals surface area contributed by atoms with Crippen LogP contribution in [0.25, 0.3) is 0 Å². The summed E-state index contributed by atoms with van der Waals surface area (Å²) in [5.41, 5.74) is 1.59. The number of carbonyl (C=O) groups excluding carboxylic acids is 2. The van der Waals surface area contributed by atoms with Gasteiger partial charge in [-0.05, 0) is 48.9 Å². The lowest BCUT2D eigenvalue weighted by Crippen LogP contribution is -2.26. The molecule has 8 heteroatoms. The summed E-state index contributed by atoms with van der Waals surface area (Å²) in [6.07, 6.45) is -2.56. The van der Waals surface area contributed by atoms with E-state index < -0.39 is 18.0 Å². The lowest BCUT2D eigenvalue weighted by Gasteiger charge is -2.15. The SMILES string of the molecule is CCC(=O)Cc1cc(C(C)NC(=O)c2ccc(OC(F)(F)F)cc2)ccn1. The van der Waals surface area contributed by atoms with E-state index in [9.17, 15) is 22.8 Å². The summed E-state index contributed by atoms with van der Waals surface area (Å²) in [5.74, 6) is -0.770. The van der Waals surface area contributed by atoms with E-state index in [2.05, 4.69) is 15.0 Å². The van der Waals surface area contributed by atoms with Crippen LogP contribution in [0.5, 0.6) is 5.75 Å². The molecule has 0 aliphatic heterocycles. The summed E-state index contributed by atoms with van der Waals surface area (Å²) in [6, 6.07) is 7.76. The molecule has 0 radical (unpaired) electrons. The van der Waals surface area contributed by atoms with Crippen LogP contribution in [0.1, 0.15) is 47.9 Å². The summed E-state index contributed by atoms with van der Waals surface area (Å²) < 4.78 is 40.3. The Kier molecular flexibility index (Phi) is 6.55. The van der Waals surface area contributed by atoms with Crippen LogP contribution in [0.15, 0.2) is 42.6 Å². The first kappa shape index (κ1) is 20.4. The van der Waals surface area contributed by atoms with Crippen molar-refractivity contribution in [3.8, 4) is 5.75 Å². The number of halogens is 3. The van der Waals surface area contributed by atoms with E-state index in [0.29, 0.717) is 12.1 Å². The second-order valence-electron chi connectivity index (χ2n) is 5.92. The predicted molar refractivity (Wildman–Crippen MR) is 92.2 cm³/mol. The highest BCUT2D eigenvalue weighted by molar-refractivity contribution is 5.94. The van der Waals surface area contributed by atoms with Crippen LogP contribution in [0, 0.1) is 0 Å². The molecule has 5 nitrogen and oxygen atoms in total. The van der Waals surface area contributed by atoms with Gasteiger partial charge in [0.05, 0.1) is 6.04 Å². The quantitative estimate of drug-likeness (QED) is 0.789. The van der Waals surface area contributed by atoms with Gasteiger partial charge in [-0.15, -0.1) is 13.2 Å². The number of rotatable bonds is 7. The summed E-state index contributed by atoms with van der Waals surface area (Å²) >= 11 is 0. The summed E-state index contributed by atoms with van der Waals surface area (Å²) in [6.45, 7) is 3.54. The fourth-order valence-electron chi connectivity index (χ4n) is 2.36. The molecular weight excluding hydrogens is 361 g/mol. The molecule has 2 aromatic rings. The Morgan fingerprint density at radius 1 is 1.19 bits per heavy atom. The Labute approximate surface area is 154 Å². The normalized spacial score (nSPS) is 12.3. The lowest BCUT2D eigenvalue weighted by molar-refractivity contribution is -0.274. The van der Waals surface area contributed by atoms with Crippen molar-refractivity contribution in [1.82, 2.24) is 10.3 Å². The van der Waals surface area contributed by atoms with Crippen LogP contribution in [-0.2, 0) is 11.2 Å². The van der Waals surface area contributed by atoms with E-state index in [1.54, 1.807) is 32.2 Å². The van der Waals surface area contributed by atoms with Crippen molar-refractivity contribution in [2.45, 2.75) is 39.1 Å². The molecule has 1 aromatic heterocycles. The maximum absolute atomic E-state index is 12.3. The molecule has 1 heterocycles. The van der Waals surface area contributed by atoms with Gasteiger partial charge in [-0.25, -0.2) is 0 Å². The number of alkyl halides is 3. The highest BCUT2D eigenvalue weighted by atomic mass is 19.4. The number of ketones is 1. The first-order chi connectivity index (χ1) is 12.7. The van der Waals surface area contributed by atoms with Gasteiger partial charge in [0.25, 0.3) is 5.91 Å². The van der Waals surface area contributed by atoms with Crippen LogP contribution >= 0.6 is 0 Å². The van der Waals surface area contributed by atoms with Crippen molar-refractivity contribution in [1.29, 1.82) is 0 Å². The molecule has 0 saturated heterocycles. The van der Waals surface area contributed by atoms with Crippen molar-refractivity contribution in [3.05, 3.63) is 59.4 Å². The minimum atomic E-state index is -4.78. The number of ether oxygens (including phenoxy) is 1. The van der Waals surface area contributed by atoms with E-state index in [0.717, 1.165) is 17.7 Å². The smallest absolute Gasteiger partial charge is 0.406 e. The number of benzene rings is 1. The molecule has 1 aromatic carbocycles. The first-order valence-electron chi connectivity index (χ1n) is 8.31. The maximum atomic E-state index is 12.3. The number of hydrogen-bond acceptors (Lipinski definition) is 4. The first-order valence-corrected chi connectivity index (χ1v) is 8.31. The van der Waals surface area contributed by atoms with E-state index in [4.69, 9.17) is 0 Å². The number of amides is 1.